The lowest BCUT2D eigenvalue weighted by Gasteiger charge is -2.10. The van der Waals surface area contributed by atoms with E-state index < -0.39 is 0 Å². The van der Waals surface area contributed by atoms with Crippen LogP contribution in [0.5, 0.6) is 5.75 Å². The Bertz CT molecular complexity index is 839. The van der Waals surface area contributed by atoms with Crippen LogP contribution in [0.3, 0.4) is 0 Å². The number of para-hydroxylation sites is 1. The highest BCUT2D eigenvalue weighted by atomic mass is 16.5. The van der Waals surface area contributed by atoms with Gasteiger partial charge in [-0.05, 0) is 75.0 Å². The second-order valence-corrected chi connectivity index (χ2v) is 6.87. The first-order chi connectivity index (χ1) is 12.7. The molecule has 0 bridgehead atoms. The van der Waals surface area contributed by atoms with Crippen LogP contribution in [-0.4, -0.2) is 22.7 Å². The molecule has 1 aromatic heterocycles. The number of nitrogens with zero attached hydrogens (tertiary/aromatic N) is 2. The summed E-state index contributed by atoms with van der Waals surface area (Å²) >= 11 is 0. The number of hydrogen-bond donors (Lipinski definition) is 1. The fraction of sp³-hybridized carbons (Fsp3) is 0.409. The first-order valence-corrected chi connectivity index (χ1v) is 9.53. The van der Waals surface area contributed by atoms with Crippen LogP contribution in [0.2, 0.25) is 0 Å². The van der Waals surface area contributed by atoms with Gasteiger partial charge in [-0.1, -0.05) is 18.2 Å². The predicted molar refractivity (Wildman–Crippen MR) is 108 cm³/mol. The number of imidazole rings is 1. The van der Waals surface area contributed by atoms with Crippen molar-refractivity contribution < 1.29 is 4.74 Å². The molecule has 0 unspecified atom stereocenters. The van der Waals surface area contributed by atoms with Crippen molar-refractivity contribution in [3.8, 4) is 5.75 Å². The average molecular weight is 351 g/mol. The molecule has 0 atom stereocenters. The van der Waals surface area contributed by atoms with Crippen molar-refractivity contribution in [1.82, 2.24) is 9.55 Å². The Hall–Kier alpha value is -2.33. The summed E-state index contributed by atoms with van der Waals surface area (Å²) in [5.74, 6) is 2.09. The van der Waals surface area contributed by atoms with Gasteiger partial charge < -0.3 is 15.0 Å². The Labute approximate surface area is 156 Å². The Kier molecular flexibility index (Phi) is 6.29. The summed E-state index contributed by atoms with van der Waals surface area (Å²) in [5, 5.41) is 0. The van der Waals surface area contributed by atoms with Crippen molar-refractivity contribution in [2.24, 2.45) is 5.73 Å². The van der Waals surface area contributed by atoms with Crippen LogP contribution in [0.1, 0.15) is 36.2 Å². The van der Waals surface area contributed by atoms with Gasteiger partial charge in [0.15, 0.2) is 0 Å². The van der Waals surface area contributed by atoms with Gasteiger partial charge in [0.25, 0.3) is 0 Å². The number of nitrogens with two attached hydrogens (primary N) is 1. The van der Waals surface area contributed by atoms with Crippen molar-refractivity contribution in [2.75, 3.05) is 13.2 Å². The number of hydrogen-bond acceptors (Lipinski definition) is 3. The van der Waals surface area contributed by atoms with Crippen LogP contribution in [-0.2, 0) is 13.0 Å². The van der Waals surface area contributed by atoms with E-state index in [0.717, 1.165) is 55.9 Å². The second-order valence-electron chi connectivity index (χ2n) is 6.87. The molecule has 0 saturated carbocycles. The maximum absolute atomic E-state index is 5.80. The highest BCUT2D eigenvalue weighted by Crippen LogP contribution is 2.22. The van der Waals surface area contributed by atoms with Crippen LogP contribution >= 0.6 is 0 Å². The molecule has 2 N–H and O–H groups in total. The van der Waals surface area contributed by atoms with Gasteiger partial charge >= 0.3 is 0 Å². The topological polar surface area (TPSA) is 53.1 Å². The molecule has 0 fully saturated rings. The normalized spacial score (nSPS) is 11.2. The molecule has 3 aromatic rings. The Morgan fingerprint density at radius 2 is 1.77 bits per heavy atom. The molecule has 0 aliphatic carbocycles. The highest BCUT2D eigenvalue weighted by Gasteiger charge is 2.11. The number of ether oxygens (including phenoxy) is 1. The molecule has 26 heavy (non-hydrogen) atoms. The maximum atomic E-state index is 5.80. The first-order valence-electron chi connectivity index (χ1n) is 9.53. The van der Waals surface area contributed by atoms with Crippen molar-refractivity contribution in [3.63, 3.8) is 0 Å². The average Bonchev–Trinajstić information content (AvgIpc) is 2.97. The monoisotopic (exact) mass is 351 g/mol. The van der Waals surface area contributed by atoms with Gasteiger partial charge in [0, 0.05) is 13.0 Å². The summed E-state index contributed by atoms with van der Waals surface area (Å²) in [6.45, 7) is 6.73. The van der Waals surface area contributed by atoms with E-state index in [1.165, 1.54) is 16.6 Å². The molecule has 4 heteroatoms. The zero-order valence-electron chi connectivity index (χ0n) is 15.9. The SMILES string of the molecule is Cc1cc2nc(CCCN)n(CCCCOc3ccccc3)c2cc1C. The van der Waals surface area contributed by atoms with Crippen LogP contribution < -0.4 is 10.5 Å². The number of aryl methyl sites for hydroxylation is 4. The van der Waals surface area contributed by atoms with Gasteiger partial charge in [0.05, 0.1) is 17.6 Å². The molecule has 3 rings (SSSR count). The zero-order chi connectivity index (χ0) is 18.4. The smallest absolute Gasteiger partial charge is 0.119 e. The van der Waals surface area contributed by atoms with Crippen molar-refractivity contribution in [2.45, 2.75) is 46.1 Å². The Balaban J connectivity index is 1.66. The van der Waals surface area contributed by atoms with Crippen LogP contribution in [0, 0.1) is 13.8 Å². The molecule has 0 radical (unpaired) electrons. The summed E-state index contributed by atoms with van der Waals surface area (Å²) in [6, 6.07) is 14.5. The molecule has 1 heterocycles. The van der Waals surface area contributed by atoms with Crippen molar-refractivity contribution >= 4 is 11.0 Å². The fourth-order valence-electron chi connectivity index (χ4n) is 3.21. The lowest BCUT2D eigenvalue weighted by molar-refractivity contribution is 0.303. The van der Waals surface area contributed by atoms with E-state index in [-0.39, 0.29) is 0 Å². The highest BCUT2D eigenvalue weighted by molar-refractivity contribution is 5.78. The van der Waals surface area contributed by atoms with Gasteiger partial charge in [-0.25, -0.2) is 4.98 Å². The number of unbranched alkanes of at least 4 members (excludes halogenated alkanes) is 1. The van der Waals surface area contributed by atoms with E-state index in [9.17, 15) is 0 Å². The maximum Gasteiger partial charge on any atom is 0.119 e. The minimum Gasteiger partial charge on any atom is -0.494 e. The third-order valence-electron chi connectivity index (χ3n) is 4.84. The second kappa shape index (κ2) is 8.86. The summed E-state index contributed by atoms with van der Waals surface area (Å²) in [4.78, 5) is 4.87. The minimum absolute atomic E-state index is 0.701. The molecular weight excluding hydrogens is 322 g/mol. The van der Waals surface area contributed by atoms with E-state index in [1.807, 2.05) is 30.3 Å². The van der Waals surface area contributed by atoms with Crippen LogP contribution in [0.4, 0.5) is 0 Å². The standard InChI is InChI=1S/C22H29N3O/c1-17-15-20-21(16-18(17)2)25(22(24-20)11-8-12-23)13-6-7-14-26-19-9-4-3-5-10-19/h3-5,9-10,15-16H,6-8,11-14,23H2,1-2H3. The number of aromatic nitrogens is 2. The molecule has 0 amide bonds. The third kappa shape index (κ3) is 4.44. The summed E-state index contributed by atoms with van der Waals surface area (Å²) in [6.07, 6.45) is 4.00. The molecule has 0 aliphatic rings. The Morgan fingerprint density at radius 1 is 1.00 bits per heavy atom. The van der Waals surface area contributed by atoms with Crippen LogP contribution in [0.15, 0.2) is 42.5 Å². The lowest BCUT2D eigenvalue weighted by atomic mass is 10.1. The molecule has 0 spiro atoms. The zero-order valence-corrected chi connectivity index (χ0v) is 15.9. The Morgan fingerprint density at radius 3 is 2.54 bits per heavy atom. The molecular formula is C22H29N3O. The van der Waals surface area contributed by atoms with Crippen molar-refractivity contribution in [1.29, 1.82) is 0 Å². The molecule has 2 aromatic carbocycles. The van der Waals surface area contributed by atoms with Crippen LogP contribution in [0.25, 0.3) is 11.0 Å². The quantitative estimate of drug-likeness (QED) is 0.581. The van der Waals surface area contributed by atoms with Gasteiger partial charge in [-0.3, -0.25) is 0 Å². The number of benzene rings is 2. The summed E-state index contributed by atoms with van der Waals surface area (Å²) in [5.41, 5.74) is 10.7. The molecule has 0 aliphatic heterocycles. The van der Waals surface area contributed by atoms with Gasteiger partial charge in [-0.15, -0.1) is 0 Å². The van der Waals surface area contributed by atoms with E-state index in [1.54, 1.807) is 0 Å². The minimum atomic E-state index is 0.701. The van der Waals surface area contributed by atoms with E-state index in [0.29, 0.717) is 6.54 Å². The predicted octanol–water partition coefficient (Wildman–Crippen LogP) is 4.40. The largest absolute Gasteiger partial charge is 0.494 e. The number of rotatable bonds is 9. The molecule has 4 nitrogen and oxygen atoms in total. The van der Waals surface area contributed by atoms with E-state index >= 15 is 0 Å². The summed E-state index contributed by atoms with van der Waals surface area (Å²) in [7, 11) is 0. The molecule has 0 saturated heterocycles. The van der Waals surface area contributed by atoms with Gasteiger partial charge in [0.2, 0.25) is 0 Å². The van der Waals surface area contributed by atoms with Gasteiger partial charge in [0.1, 0.15) is 11.6 Å². The summed E-state index contributed by atoms with van der Waals surface area (Å²) < 4.78 is 8.18. The van der Waals surface area contributed by atoms with Crippen molar-refractivity contribution in [3.05, 3.63) is 59.4 Å². The fourth-order valence-corrected chi connectivity index (χ4v) is 3.21. The number of fused-ring (bicyclic) bond motifs is 1. The van der Waals surface area contributed by atoms with E-state index in [2.05, 4.69) is 30.5 Å². The van der Waals surface area contributed by atoms with Gasteiger partial charge in [-0.2, -0.15) is 0 Å². The third-order valence-corrected chi connectivity index (χ3v) is 4.84. The van der Waals surface area contributed by atoms with E-state index in [4.69, 9.17) is 15.5 Å². The first kappa shape index (κ1) is 18.5. The lowest BCUT2D eigenvalue weighted by Crippen LogP contribution is -2.08. The molecule has 138 valence electrons.